The maximum absolute atomic E-state index is 12.1. The lowest BCUT2D eigenvalue weighted by Gasteiger charge is -2.16. The van der Waals surface area contributed by atoms with E-state index in [1.54, 1.807) is 17.5 Å². The molecule has 1 aliphatic heterocycles. The number of carbonyl (C=O) groups is 1. The van der Waals surface area contributed by atoms with Gasteiger partial charge in [-0.1, -0.05) is 5.21 Å². The fourth-order valence-electron chi connectivity index (χ4n) is 2.28. The summed E-state index contributed by atoms with van der Waals surface area (Å²) in [4.78, 5) is 14.0. The van der Waals surface area contributed by atoms with Crippen molar-refractivity contribution in [1.82, 2.24) is 19.9 Å². The van der Waals surface area contributed by atoms with Crippen LogP contribution in [-0.4, -0.2) is 38.9 Å². The van der Waals surface area contributed by atoms with Crippen molar-refractivity contribution >= 4 is 17.2 Å². The molecule has 1 saturated heterocycles. The smallest absolute Gasteiger partial charge is 0.227 e. The van der Waals surface area contributed by atoms with Gasteiger partial charge in [-0.25, -0.2) is 4.68 Å². The van der Waals surface area contributed by atoms with Gasteiger partial charge in [0.2, 0.25) is 5.91 Å². The average molecular weight is 262 g/mol. The van der Waals surface area contributed by atoms with Crippen molar-refractivity contribution in [3.05, 3.63) is 34.8 Å². The zero-order valence-corrected chi connectivity index (χ0v) is 10.7. The Morgan fingerprint density at radius 3 is 3.22 bits per heavy atom. The molecule has 3 rings (SSSR count). The molecule has 0 aliphatic carbocycles. The summed E-state index contributed by atoms with van der Waals surface area (Å²) >= 11 is 1.63. The Labute approximate surface area is 109 Å². The molecule has 5 nitrogen and oxygen atoms in total. The lowest BCUT2D eigenvalue weighted by atomic mass is 10.2. The first-order valence-corrected chi connectivity index (χ1v) is 6.92. The number of thiophene rings is 1. The fraction of sp³-hybridized carbons (Fsp3) is 0.417. The first-order chi connectivity index (χ1) is 8.83. The van der Waals surface area contributed by atoms with Gasteiger partial charge in [-0.3, -0.25) is 4.79 Å². The third-order valence-corrected chi connectivity index (χ3v) is 4.00. The number of aromatic nitrogens is 3. The Morgan fingerprint density at radius 2 is 2.50 bits per heavy atom. The highest BCUT2D eigenvalue weighted by molar-refractivity contribution is 7.07. The van der Waals surface area contributed by atoms with Crippen molar-refractivity contribution in [3.63, 3.8) is 0 Å². The molecule has 0 N–H and O–H groups in total. The normalized spacial score (nSPS) is 19.3. The van der Waals surface area contributed by atoms with E-state index in [9.17, 15) is 4.79 Å². The van der Waals surface area contributed by atoms with Crippen LogP contribution in [0.3, 0.4) is 0 Å². The maximum atomic E-state index is 12.1. The quantitative estimate of drug-likeness (QED) is 0.839. The number of nitrogens with zero attached hydrogens (tertiary/aromatic N) is 4. The van der Waals surface area contributed by atoms with Crippen LogP contribution in [0.2, 0.25) is 0 Å². The highest BCUT2D eigenvalue weighted by Gasteiger charge is 2.27. The van der Waals surface area contributed by atoms with Crippen molar-refractivity contribution < 1.29 is 4.79 Å². The van der Waals surface area contributed by atoms with E-state index in [1.807, 2.05) is 32.6 Å². The molecular weight excluding hydrogens is 248 g/mol. The van der Waals surface area contributed by atoms with Gasteiger partial charge in [0.15, 0.2) is 0 Å². The van der Waals surface area contributed by atoms with Crippen LogP contribution < -0.4 is 0 Å². The van der Waals surface area contributed by atoms with E-state index in [1.165, 1.54) is 0 Å². The van der Waals surface area contributed by atoms with Crippen molar-refractivity contribution in [1.29, 1.82) is 0 Å². The number of amides is 1. The van der Waals surface area contributed by atoms with Gasteiger partial charge in [0.25, 0.3) is 0 Å². The molecule has 3 heterocycles. The molecule has 0 spiro atoms. The topological polar surface area (TPSA) is 51.0 Å². The molecular formula is C12H14N4OS. The predicted molar refractivity (Wildman–Crippen MR) is 68.3 cm³/mol. The fourth-order valence-corrected chi connectivity index (χ4v) is 2.94. The monoisotopic (exact) mass is 262 g/mol. The summed E-state index contributed by atoms with van der Waals surface area (Å²) in [5, 5.41) is 11.8. The summed E-state index contributed by atoms with van der Waals surface area (Å²) in [6.45, 7) is 1.56. The molecule has 94 valence electrons. The molecule has 0 saturated carbocycles. The van der Waals surface area contributed by atoms with Crippen LogP contribution >= 0.6 is 11.3 Å². The Balaban J connectivity index is 1.60. The molecule has 2 aromatic heterocycles. The standard InChI is InChI=1S/C12H14N4OS/c17-12(7-10-2-6-18-9-10)15-4-1-11(8-15)16-5-3-13-14-16/h2-3,5-6,9,11H,1,4,7-8H2/t11-/m1/s1. The van der Waals surface area contributed by atoms with Crippen molar-refractivity contribution in [2.24, 2.45) is 0 Å². The summed E-state index contributed by atoms with van der Waals surface area (Å²) < 4.78 is 1.85. The van der Waals surface area contributed by atoms with Gasteiger partial charge in [0.1, 0.15) is 0 Å². The predicted octanol–water partition coefficient (Wildman–Crippen LogP) is 1.36. The Hall–Kier alpha value is -1.69. The van der Waals surface area contributed by atoms with Gasteiger partial charge in [0, 0.05) is 19.3 Å². The van der Waals surface area contributed by atoms with Gasteiger partial charge in [-0.05, 0) is 28.8 Å². The molecule has 0 bridgehead atoms. The molecule has 0 aromatic carbocycles. The van der Waals surface area contributed by atoms with Crippen LogP contribution in [0.15, 0.2) is 29.2 Å². The molecule has 6 heteroatoms. The molecule has 1 atom stereocenters. The van der Waals surface area contributed by atoms with E-state index in [2.05, 4.69) is 10.3 Å². The molecule has 0 radical (unpaired) electrons. The molecule has 1 fully saturated rings. The van der Waals surface area contributed by atoms with Crippen LogP contribution in [0.4, 0.5) is 0 Å². The van der Waals surface area contributed by atoms with Gasteiger partial charge >= 0.3 is 0 Å². The Kier molecular flexibility index (Phi) is 3.10. The van der Waals surface area contributed by atoms with Crippen LogP contribution in [0.1, 0.15) is 18.0 Å². The molecule has 1 aliphatic rings. The number of carbonyl (C=O) groups excluding carboxylic acids is 1. The number of hydrogen-bond acceptors (Lipinski definition) is 4. The lowest BCUT2D eigenvalue weighted by Crippen LogP contribution is -2.30. The van der Waals surface area contributed by atoms with Crippen LogP contribution in [0, 0.1) is 0 Å². The number of hydrogen-bond donors (Lipinski definition) is 0. The van der Waals surface area contributed by atoms with Crippen molar-refractivity contribution in [2.75, 3.05) is 13.1 Å². The van der Waals surface area contributed by atoms with Crippen molar-refractivity contribution in [3.8, 4) is 0 Å². The minimum Gasteiger partial charge on any atom is -0.340 e. The Morgan fingerprint density at radius 1 is 1.56 bits per heavy atom. The first-order valence-electron chi connectivity index (χ1n) is 5.97. The van der Waals surface area contributed by atoms with E-state index >= 15 is 0 Å². The zero-order valence-electron chi connectivity index (χ0n) is 9.90. The van der Waals surface area contributed by atoms with Crippen LogP contribution in [-0.2, 0) is 11.2 Å². The molecule has 0 unspecified atom stereocenters. The summed E-state index contributed by atoms with van der Waals surface area (Å²) in [7, 11) is 0. The minimum absolute atomic E-state index is 0.205. The largest absolute Gasteiger partial charge is 0.340 e. The van der Waals surface area contributed by atoms with Gasteiger partial charge < -0.3 is 4.90 Å². The highest BCUT2D eigenvalue weighted by Crippen LogP contribution is 2.21. The van der Waals surface area contributed by atoms with Gasteiger partial charge in [-0.2, -0.15) is 11.3 Å². The average Bonchev–Trinajstić information content (AvgIpc) is 3.11. The van der Waals surface area contributed by atoms with Crippen molar-refractivity contribution in [2.45, 2.75) is 18.9 Å². The number of rotatable bonds is 3. The van der Waals surface area contributed by atoms with Crippen LogP contribution in [0.25, 0.3) is 0 Å². The minimum atomic E-state index is 0.205. The summed E-state index contributed by atoms with van der Waals surface area (Å²) in [5.41, 5.74) is 1.11. The second-order valence-electron chi connectivity index (χ2n) is 4.47. The summed E-state index contributed by atoms with van der Waals surface area (Å²) in [6.07, 6.45) is 5.00. The molecule has 18 heavy (non-hydrogen) atoms. The van der Waals surface area contributed by atoms with E-state index < -0.39 is 0 Å². The first kappa shape index (κ1) is 11.4. The Bertz CT molecular complexity index is 508. The SMILES string of the molecule is O=C(Cc1ccsc1)N1CC[C@@H](n2ccnn2)C1. The van der Waals surface area contributed by atoms with Crippen LogP contribution in [0.5, 0.6) is 0 Å². The lowest BCUT2D eigenvalue weighted by molar-refractivity contribution is -0.129. The second-order valence-corrected chi connectivity index (χ2v) is 5.25. The zero-order chi connectivity index (χ0) is 12.4. The number of likely N-dealkylation sites (tertiary alicyclic amines) is 1. The third kappa shape index (κ3) is 2.28. The second kappa shape index (κ2) is 4.89. The van der Waals surface area contributed by atoms with E-state index in [0.717, 1.165) is 25.1 Å². The molecule has 2 aromatic rings. The van der Waals surface area contributed by atoms with E-state index in [4.69, 9.17) is 0 Å². The van der Waals surface area contributed by atoms with E-state index in [0.29, 0.717) is 6.42 Å². The van der Waals surface area contributed by atoms with Gasteiger partial charge in [0.05, 0.1) is 18.7 Å². The highest BCUT2D eigenvalue weighted by atomic mass is 32.1. The summed E-state index contributed by atoms with van der Waals surface area (Å²) in [6, 6.07) is 2.28. The maximum Gasteiger partial charge on any atom is 0.227 e. The summed E-state index contributed by atoms with van der Waals surface area (Å²) in [5.74, 6) is 0.205. The van der Waals surface area contributed by atoms with E-state index in [-0.39, 0.29) is 11.9 Å². The van der Waals surface area contributed by atoms with Gasteiger partial charge in [-0.15, -0.1) is 5.10 Å². The third-order valence-electron chi connectivity index (χ3n) is 3.27. The molecule has 1 amide bonds.